The van der Waals surface area contributed by atoms with E-state index in [1.807, 2.05) is 24.3 Å². The van der Waals surface area contributed by atoms with E-state index in [0.29, 0.717) is 6.04 Å². The molecule has 1 aromatic carbocycles. The molecule has 0 aromatic heterocycles. The van der Waals surface area contributed by atoms with Gasteiger partial charge in [-0.3, -0.25) is 0 Å². The number of nitrogens with one attached hydrogen (secondary N) is 1. The molecule has 0 aliphatic heterocycles. The van der Waals surface area contributed by atoms with Gasteiger partial charge in [0, 0.05) is 17.1 Å². The maximum Gasteiger partial charge on any atom is 0.0681 e. The molecule has 1 saturated carbocycles. The molecule has 2 rings (SSSR count). The fourth-order valence-electron chi connectivity index (χ4n) is 2.05. The van der Waals surface area contributed by atoms with Crippen molar-refractivity contribution < 1.29 is 10.2 Å². The van der Waals surface area contributed by atoms with Gasteiger partial charge in [-0.1, -0.05) is 26.0 Å². The average molecular weight is 221 g/mol. The molecular weight excluding hydrogens is 202 g/mol. The molecule has 88 valence electrons. The number of aliphatic hydroxyl groups excluding tert-OH is 2. The number of aliphatic hydroxyl groups is 2. The maximum atomic E-state index is 9.63. The molecule has 0 spiro atoms. The highest BCUT2D eigenvalue weighted by Gasteiger charge is 2.47. The molecule has 1 aliphatic rings. The van der Waals surface area contributed by atoms with E-state index in [0.717, 1.165) is 17.7 Å². The number of hydrogen-bond acceptors (Lipinski definition) is 3. The van der Waals surface area contributed by atoms with Crippen molar-refractivity contribution in [2.75, 3.05) is 5.32 Å². The van der Waals surface area contributed by atoms with Gasteiger partial charge in [-0.25, -0.2) is 0 Å². The summed E-state index contributed by atoms with van der Waals surface area (Å²) in [5.41, 5.74) is 1.90. The van der Waals surface area contributed by atoms with E-state index < -0.39 is 0 Å². The summed E-state index contributed by atoms with van der Waals surface area (Å²) < 4.78 is 0. The summed E-state index contributed by atoms with van der Waals surface area (Å²) in [7, 11) is 0. The van der Waals surface area contributed by atoms with Crippen LogP contribution in [0.5, 0.6) is 0 Å². The molecule has 2 unspecified atom stereocenters. The SMILES string of the molecule is CC1(C)C(O)CC1Nc1ccc(CO)cc1. The van der Waals surface area contributed by atoms with Crippen LogP contribution in [0.4, 0.5) is 5.69 Å². The van der Waals surface area contributed by atoms with E-state index in [1.54, 1.807) is 0 Å². The summed E-state index contributed by atoms with van der Waals surface area (Å²) >= 11 is 0. The van der Waals surface area contributed by atoms with Crippen LogP contribution in [0.3, 0.4) is 0 Å². The highest BCUT2D eigenvalue weighted by Crippen LogP contribution is 2.42. The Bertz CT molecular complexity index is 359. The van der Waals surface area contributed by atoms with Crippen LogP contribution < -0.4 is 5.32 Å². The molecule has 1 aliphatic carbocycles. The van der Waals surface area contributed by atoms with Gasteiger partial charge < -0.3 is 15.5 Å². The van der Waals surface area contributed by atoms with Gasteiger partial charge in [0.15, 0.2) is 0 Å². The monoisotopic (exact) mass is 221 g/mol. The van der Waals surface area contributed by atoms with Crippen LogP contribution in [-0.2, 0) is 6.61 Å². The number of rotatable bonds is 3. The molecule has 0 saturated heterocycles. The highest BCUT2D eigenvalue weighted by molar-refractivity contribution is 5.46. The van der Waals surface area contributed by atoms with E-state index in [4.69, 9.17) is 5.11 Å². The first-order chi connectivity index (χ1) is 7.54. The van der Waals surface area contributed by atoms with Crippen LogP contribution in [0.15, 0.2) is 24.3 Å². The Morgan fingerprint density at radius 3 is 2.38 bits per heavy atom. The van der Waals surface area contributed by atoms with E-state index in [2.05, 4.69) is 19.2 Å². The van der Waals surface area contributed by atoms with Crippen molar-refractivity contribution in [3.63, 3.8) is 0 Å². The lowest BCUT2D eigenvalue weighted by atomic mass is 9.64. The van der Waals surface area contributed by atoms with Crippen molar-refractivity contribution in [3.8, 4) is 0 Å². The van der Waals surface area contributed by atoms with Gasteiger partial charge in [-0.05, 0) is 24.1 Å². The zero-order valence-electron chi connectivity index (χ0n) is 9.77. The molecule has 3 heteroatoms. The molecule has 0 amide bonds. The fraction of sp³-hybridized carbons (Fsp3) is 0.538. The third-order valence-corrected chi connectivity index (χ3v) is 3.69. The summed E-state index contributed by atoms with van der Waals surface area (Å²) in [5.74, 6) is 0. The predicted molar refractivity (Wildman–Crippen MR) is 64.2 cm³/mol. The van der Waals surface area contributed by atoms with E-state index in [-0.39, 0.29) is 18.1 Å². The largest absolute Gasteiger partial charge is 0.392 e. The van der Waals surface area contributed by atoms with Crippen molar-refractivity contribution in [3.05, 3.63) is 29.8 Å². The van der Waals surface area contributed by atoms with E-state index in [1.165, 1.54) is 0 Å². The topological polar surface area (TPSA) is 52.5 Å². The second-order valence-electron chi connectivity index (χ2n) is 5.12. The highest BCUT2D eigenvalue weighted by atomic mass is 16.3. The van der Waals surface area contributed by atoms with Crippen molar-refractivity contribution >= 4 is 5.69 Å². The molecule has 0 heterocycles. The molecule has 1 fully saturated rings. The molecule has 0 bridgehead atoms. The normalized spacial score (nSPS) is 27.2. The summed E-state index contributed by atoms with van der Waals surface area (Å²) in [4.78, 5) is 0. The molecular formula is C13H19NO2. The van der Waals surface area contributed by atoms with Crippen LogP contribution in [0.2, 0.25) is 0 Å². The minimum absolute atomic E-state index is 0.0599. The number of benzene rings is 1. The first-order valence-electron chi connectivity index (χ1n) is 5.68. The smallest absolute Gasteiger partial charge is 0.0681 e. The third kappa shape index (κ3) is 1.93. The number of anilines is 1. The second-order valence-corrected chi connectivity index (χ2v) is 5.12. The molecule has 3 N–H and O–H groups in total. The van der Waals surface area contributed by atoms with Crippen LogP contribution in [0, 0.1) is 5.41 Å². The Balaban J connectivity index is 2.00. The third-order valence-electron chi connectivity index (χ3n) is 3.69. The Kier molecular flexibility index (Phi) is 2.91. The summed E-state index contributed by atoms with van der Waals surface area (Å²) in [6.45, 7) is 4.22. The zero-order chi connectivity index (χ0) is 11.8. The zero-order valence-corrected chi connectivity index (χ0v) is 9.77. The van der Waals surface area contributed by atoms with Gasteiger partial charge in [0.25, 0.3) is 0 Å². The van der Waals surface area contributed by atoms with Gasteiger partial charge in [-0.15, -0.1) is 0 Å². The lowest BCUT2D eigenvalue weighted by Crippen LogP contribution is -2.56. The van der Waals surface area contributed by atoms with Gasteiger partial charge in [-0.2, -0.15) is 0 Å². The Labute approximate surface area is 96.1 Å². The van der Waals surface area contributed by atoms with Gasteiger partial charge in [0.05, 0.1) is 12.7 Å². The minimum atomic E-state index is -0.207. The van der Waals surface area contributed by atoms with Crippen LogP contribution in [0.1, 0.15) is 25.8 Å². The Hall–Kier alpha value is -1.06. The first-order valence-corrected chi connectivity index (χ1v) is 5.68. The van der Waals surface area contributed by atoms with Crippen molar-refractivity contribution in [1.29, 1.82) is 0 Å². The van der Waals surface area contributed by atoms with Crippen molar-refractivity contribution in [2.24, 2.45) is 5.41 Å². The maximum absolute atomic E-state index is 9.63. The number of hydrogen-bond donors (Lipinski definition) is 3. The quantitative estimate of drug-likeness (QED) is 0.729. The summed E-state index contributed by atoms with van der Waals surface area (Å²) in [5, 5.41) is 22.0. The summed E-state index contributed by atoms with van der Waals surface area (Å²) in [6.07, 6.45) is 0.594. The molecule has 2 atom stereocenters. The van der Waals surface area contributed by atoms with Gasteiger partial charge in [0.2, 0.25) is 0 Å². The molecule has 0 radical (unpaired) electrons. The van der Waals surface area contributed by atoms with Gasteiger partial charge >= 0.3 is 0 Å². The Morgan fingerprint density at radius 1 is 1.31 bits per heavy atom. The standard InChI is InChI=1S/C13H19NO2/c1-13(2)11(7-12(13)16)14-10-5-3-9(8-15)4-6-10/h3-6,11-12,14-16H,7-8H2,1-2H3. The van der Waals surface area contributed by atoms with E-state index >= 15 is 0 Å². The van der Waals surface area contributed by atoms with Crippen LogP contribution in [0.25, 0.3) is 0 Å². The molecule has 3 nitrogen and oxygen atoms in total. The minimum Gasteiger partial charge on any atom is -0.392 e. The Morgan fingerprint density at radius 2 is 1.94 bits per heavy atom. The first kappa shape index (κ1) is 11.4. The van der Waals surface area contributed by atoms with Crippen molar-refractivity contribution in [2.45, 2.75) is 39.0 Å². The van der Waals surface area contributed by atoms with Crippen LogP contribution >= 0.6 is 0 Å². The molecule has 1 aromatic rings. The second kappa shape index (κ2) is 4.07. The summed E-state index contributed by atoms with van der Waals surface area (Å²) in [6, 6.07) is 8.07. The van der Waals surface area contributed by atoms with E-state index in [9.17, 15) is 5.11 Å². The van der Waals surface area contributed by atoms with Crippen molar-refractivity contribution in [1.82, 2.24) is 0 Å². The van der Waals surface area contributed by atoms with Gasteiger partial charge in [0.1, 0.15) is 0 Å². The lowest BCUT2D eigenvalue weighted by molar-refractivity contribution is -0.0510. The van der Waals surface area contributed by atoms with Crippen LogP contribution in [-0.4, -0.2) is 22.4 Å². The predicted octanol–water partition coefficient (Wildman–Crippen LogP) is 1.75. The average Bonchev–Trinajstić information content (AvgIpc) is 2.29. The molecule has 16 heavy (non-hydrogen) atoms. The lowest BCUT2D eigenvalue weighted by Gasteiger charge is -2.49. The fourth-order valence-corrected chi connectivity index (χ4v) is 2.05.